The number of nitrogens with zero attached hydrogens (tertiary/aromatic N) is 3. The number of primary amides is 1. The van der Waals surface area contributed by atoms with E-state index in [0.717, 1.165) is 0 Å². The summed E-state index contributed by atoms with van der Waals surface area (Å²) in [5.74, 6) is -14.2. The molecule has 0 aliphatic heterocycles. The van der Waals surface area contributed by atoms with Crippen molar-refractivity contribution >= 4 is 107 Å². The summed E-state index contributed by atoms with van der Waals surface area (Å²) in [4.78, 5) is 187. The van der Waals surface area contributed by atoms with E-state index in [9.17, 15) is 72.5 Å². The number of benzene rings is 1. The van der Waals surface area contributed by atoms with E-state index < -0.39 is 169 Å². The van der Waals surface area contributed by atoms with Crippen molar-refractivity contribution in [3.8, 4) is 0 Å². The lowest BCUT2D eigenvalue weighted by atomic mass is 10.0. The third kappa shape index (κ3) is 36.2. The molecule has 0 spiro atoms. The molecule has 0 heterocycles. The van der Waals surface area contributed by atoms with Crippen molar-refractivity contribution in [2.45, 2.75) is 179 Å². The number of carbonyl (C=O) groups excluding carboxylic acids is 12. The number of unbranched alkanes of at least 4 members (excludes halogenated alkanes) is 1. The van der Waals surface area contributed by atoms with E-state index in [1.165, 1.54) is 6.92 Å². The highest BCUT2D eigenvalue weighted by molar-refractivity contribution is 7.80. The second kappa shape index (κ2) is 46.5. The first-order chi connectivity index (χ1) is 45.7. The fourth-order valence-electron chi connectivity index (χ4n) is 9.18. The maximum absolute atomic E-state index is 14.6. The smallest absolute Gasteiger partial charge is 0.326 e. The molecule has 0 unspecified atom stereocenters. The van der Waals surface area contributed by atoms with Crippen LogP contribution in [-0.2, 0) is 68.7 Å². The zero-order valence-corrected chi connectivity index (χ0v) is 56.5. The summed E-state index contributed by atoms with van der Waals surface area (Å²) in [7, 11) is 0. The zero-order valence-electron chi connectivity index (χ0n) is 55.6. The number of hydrogen-bond acceptors (Lipinski definition) is 19. The summed E-state index contributed by atoms with van der Waals surface area (Å²) in [6, 6.07) is -6.46. The van der Waals surface area contributed by atoms with Crippen molar-refractivity contribution in [2.24, 2.45) is 72.7 Å². The van der Waals surface area contributed by atoms with Crippen molar-refractivity contribution in [1.29, 1.82) is 0 Å². The van der Waals surface area contributed by atoms with E-state index in [4.69, 9.17) is 45.9 Å². The van der Waals surface area contributed by atoms with E-state index in [1.54, 1.807) is 58.0 Å². The molecule has 0 radical (unpaired) electrons. The first-order valence-corrected chi connectivity index (χ1v) is 32.3. The fourth-order valence-corrected chi connectivity index (χ4v) is 9.44. The molecule has 0 aromatic heterocycles. The van der Waals surface area contributed by atoms with Gasteiger partial charge in [-0.2, -0.15) is 12.6 Å². The summed E-state index contributed by atoms with van der Waals surface area (Å²) in [5.41, 5.74) is 45.1. The molecule has 37 nitrogen and oxygen atoms in total. The molecule has 544 valence electrons. The molecule has 0 aliphatic rings. The summed E-state index contributed by atoms with van der Waals surface area (Å²) >= 11 is 4.23. The normalized spacial score (nSPS) is 14.0. The van der Waals surface area contributed by atoms with Gasteiger partial charge in [-0.25, -0.2) is 4.79 Å². The summed E-state index contributed by atoms with van der Waals surface area (Å²) in [5, 5.41) is 47.9. The largest absolute Gasteiger partial charge is 0.480 e. The summed E-state index contributed by atoms with van der Waals surface area (Å²) in [6.07, 6.45) is -0.917. The van der Waals surface area contributed by atoms with Crippen LogP contribution >= 0.6 is 12.6 Å². The van der Waals surface area contributed by atoms with E-state index in [1.807, 2.05) is 0 Å². The zero-order chi connectivity index (χ0) is 73.3. The van der Waals surface area contributed by atoms with Crippen LogP contribution < -0.4 is 104 Å². The predicted octanol–water partition coefficient (Wildman–Crippen LogP) is -7.52. The molecule has 1 aromatic rings. The fraction of sp³-hybridized carbons (Fsp3) is 0.627. The molecule has 0 bridgehead atoms. The lowest BCUT2D eigenvalue weighted by Gasteiger charge is -2.28. The Morgan fingerprint density at radius 3 is 1.23 bits per heavy atom. The van der Waals surface area contributed by atoms with Gasteiger partial charge in [-0.1, -0.05) is 58.0 Å². The first kappa shape index (κ1) is 85.4. The van der Waals surface area contributed by atoms with E-state index in [-0.39, 0.29) is 120 Å². The van der Waals surface area contributed by atoms with Crippen LogP contribution in [0.4, 0.5) is 0 Å². The van der Waals surface area contributed by atoms with E-state index in [2.05, 4.69) is 86.1 Å². The van der Waals surface area contributed by atoms with Gasteiger partial charge in [0.25, 0.3) is 0 Å². The lowest BCUT2D eigenvalue weighted by Crippen LogP contribution is -2.61. The number of aliphatic carboxylic acids is 1. The van der Waals surface area contributed by atoms with E-state index in [0.29, 0.717) is 12.0 Å². The van der Waals surface area contributed by atoms with Crippen molar-refractivity contribution < 1.29 is 72.5 Å². The van der Waals surface area contributed by atoms with Crippen LogP contribution in [0.2, 0.25) is 0 Å². The molecular weight excluding hydrogens is 1290 g/mol. The number of aliphatic hydroxyl groups is 1. The van der Waals surface area contributed by atoms with Gasteiger partial charge in [-0.15, -0.1) is 0 Å². The Morgan fingerprint density at radius 1 is 0.474 bits per heavy atom. The number of guanidine groups is 3. The van der Waals surface area contributed by atoms with Crippen LogP contribution in [0.5, 0.6) is 0 Å². The SMILES string of the molecule is CC(=O)NCC(=O)N[C@H](C(=O)N[C@@H](CCC(N)=O)C(=O)N[C@@H](CO)C(=O)N[C@@H](CC(C)C)C(=O)N[C@@H](CCCCN)C(=O)N[C@@H](CCCN=C(N)N)C(=O)N[C@@H](CCCN=C(N)N)C(=O)N[C@@H](CCCN=C(N)N)C(=O)N[C@@H](CS)C(=O)N[C@@H](Cc1ccccc1)C(=O)O)C(C)C. The number of thiol groups is 1. The number of carbonyl (C=O) groups is 13. The molecule has 0 aliphatic carbocycles. The molecular formula is C59H102N22O15S. The van der Waals surface area contributed by atoms with Crippen molar-refractivity contribution in [1.82, 2.24) is 58.5 Å². The second-order valence-electron chi connectivity index (χ2n) is 23.4. The topological polar surface area (TPSA) is 640 Å². The number of aliphatic imine (C=N–C) groups is 3. The summed E-state index contributed by atoms with van der Waals surface area (Å²) in [6.45, 7) is 6.27. The van der Waals surface area contributed by atoms with Gasteiger partial charge in [-0.05, 0) is 94.6 Å². The quantitative estimate of drug-likeness (QED) is 0.0125. The number of rotatable bonds is 48. The molecule has 0 fully saturated rings. The highest BCUT2D eigenvalue weighted by Crippen LogP contribution is 2.13. The predicted molar refractivity (Wildman–Crippen MR) is 362 cm³/mol. The van der Waals surface area contributed by atoms with Gasteiger partial charge in [0.1, 0.15) is 60.4 Å². The molecule has 0 saturated heterocycles. The maximum Gasteiger partial charge on any atom is 0.326 e. The van der Waals surface area contributed by atoms with Gasteiger partial charge < -0.3 is 115 Å². The number of carboxylic acids is 1. The van der Waals surface area contributed by atoms with Gasteiger partial charge in [0.2, 0.25) is 70.9 Å². The Hall–Kier alpha value is -9.59. The molecule has 1 rings (SSSR count). The molecule has 12 amide bonds. The average Bonchev–Trinajstić information content (AvgIpc) is 0.888. The number of hydrogen-bond donors (Lipinski definition) is 22. The maximum atomic E-state index is 14.6. The van der Waals surface area contributed by atoms with E-state index >= 15 is 0 Å². The van der Waals surface area contributed by atoms with Gasteiger partial charge >= 0.3 is 5.97 Å². The van der Waals surface area contributed by atoms with Gasteiger partial charge in [0.15, 0.2) is 17.9 Å². The molecule has 38 heteroatoms. The van der Waals surface area contributed by atoms with Crippen LogP contribution in [0.15, 0.2) is 45.3 Å². The molecule has 1 aromatic carbocycles. The molecule has 97 heavy (non-hydrogen) atoms. The minimum absolute atomic E-state index is 0.0234. The van der Waals surface area contributed by atoms with Crippen LogP contribution in [0.1, 0.15) is 117 Å². The van der Waals surface area contributed by atoms with Crippen LogP contribution in [0.3, 0.4) is 0 Å². The Bertz CT molecular complexity index is 2860. The number of amides is 12. The van der Waals surface area contributed by atoms with Crippen LogP contribution in [0.25, 0.3) is 0 Å². The third-order valence-corrected chi connectivity index (χ3v) is 14.6. The number of nitrogens with one attached hydrogen (secondary N) is 11. The Balaban J connectivity index is 3.72. The minimum atomic E-state index is -1.80. The van der Waals surface area contributed by atoms with Crippen LogP contribution in [0, 0.1) is 11.8 Å². The van der Waals surface area contributed by atoms with Gasteiger partial charge in [0.05, 0.1) is 13.2 Å². The lowest BCUT2D eigenvalue weighted by molar-refractivity contribution is -0.142. The number of carboxylic acid groups (broad SMARTS) is 1. The average molecular weight is 1390 g/mol. The Labute approximate surface area is 568 Å². The standard InChI is InChI=1S/C59H102N22O15S/c1-31(2)26-40(77-53(92)42(29-82)79-51(90)39(20-21-44(61)84)76-55(94)46(32(3)4)81-45(85)28-71-33(5)83)52(91)75-35(16-9-10-22-60)47(86)72-36(17-11-23-68-57(62)63)48(87)73-37(18-12-24-69-58(64)65)49(88)74-38(19-13-25-70-59(66)67)50(89)80-43(30-97)54(93)78-41(56(95)96)27-34-14-7-6-8-15-34/h6-8,14-15,31-32,35-43,46,82,97H,9-13,16-30,60H2,1-5H3,(H2,61,84)(H,71,83)(H,72,86)(H,73,87)(H,74,88)(H,75,91)(H,76,94)(H,77,92)(H,78,93)(H,79,90)(H,80,89)(H,81,85)(H,95,96)(H4,62,63,68)(H4,64,65,69)(H4,66,67,70)/t35-,36-,37-,38-,39-,40-,41-,42-,43-,46-/m0/s1. The number of aliphatic hydroxyl groups excluding tert-OH is 1. The second-order valence-corrected chi connectivity index (χ2v) is 23.8. The first-order valence-electron chi connectivity index (χ1n) is 31.6. The summed E-state index contributed by atoms with van der Waals surface area (Å²) < 4.78 is 0. The van der Waals surface area contributed by atoms with Gasteiger partial charge in [0, 0.05) is 45.2 Å². The highest BCUT2D eigenvalue weighted by Gasteiger charge is 2.37. The van der Waals surface area contributed by atoms with Crippen molar-refractivity contribution in [3.05, 3.63) is 35.9 Å². The third-order valence-electron chi connectivity index (χ3n) is 14.3. The molecule has 0 saturated carbocycles. The van der Waals surface area contributed by atoms with Crippen molar-refractivity contribution in [3.63, 3.8) is 0 Å². The monoisotopic (exact) mass is 1390 g/mol. The Kier molecular flexibility index (Phi) is 41.0. The van der Waals surface area contributed by atoms with Crippen LogP contribution in [-0.4, -0.2) is 210 Å². The van der Waals surface area contributed by atoms with Gasteiger partial charge in [-0.3, -0.25) is 72.5 Å². The highest BCUT2D eigenvalue weighted by atomic mass is 32.1. The Morgan fingerprint density at radius 2 is 0.845 bits per heavy atom. The minimum Gasteiger partial charge on any atom is -0.480 e. The van der Waals surface area contributed by atoms with Crippen molar-refractivity contribution in [2.75, 3.05) is 45.1 Å². The molecule has 10 atom stereocenters. The molecule has 29 N–H and O–H groups in total. The number of nitrogens with two attached hydrogens (primary N) is 8.